The molecule has 2 saturated heterocycles. The molecular weight excluding hydrogens is 364 g/mol. The molecule has 6 nitrogen and oxygen atoms in total. The second-order valence-electron chi connectivity index (χ2n) is 7.77. The zero-order valence-corrected chi connectivity index (χ0v) is 17.1. The second-order valence-corrected chi connectivity index (χ2v) is 7.77. The highest BCUT2D eigenvalue weighted by atomic mass is 16.5. The van der Waals surface area contributed by atoms with E-state index in [1.54, 1.807) is 13.3 Å². The third-order valence-corrected chi connectivity index (χ3v) is 5.93. The van der Waals surface area contributed by atoms with E-state index in [1.807, 2.05) is 41.3 Å². The Morgan fingerprint density at radius 1 is 1.07 bits per heavy atom. The quantitative estimate of drug-likeness (QED) is 0.863. The maximum absolute atomic E-state index is 13.3. The Balaban J connectivity index is 1.54. The SMILES string of the molecule is COc1ccccc1C1CNCCN1C(=O)c1ccc(N2CCCCCC2)nc1. The molecule has 0 saturated carbocycles. The van der Waals surface area contributed by atoms with Crippen molar-refractivity contribution in [1.29, 1.82) is 0 Å². The van der Waals surface area contributed by atoms with Gasteiger partial charge in [0.1, 0.15) is 11.6 Å². The van der Waals surface area contributed by atoms with Crippen LogP contribution in [0.4, 0.5) is 5.82 Å². The van der Waals surface area contributed by atoms with Gasteiger partial charge in [0.2, 0.25) is 0 Å². The average Bonchev–Trinajstić information content (AvgIpc) is 3.08. The van der Waals surface area contributed by atoms with E-state index in [1.165, 1.54) is 25.7 Å². The third-order valence-electron chi connectivity index (χ3n) is 5.93. The minimum atomic E-state index is -0.0577. The molecule has 2 fully saturated rings. The van der Waals surface area contributed by atoms with Crippen molar-refractivity contribution < 1.29 is 9.53 Å². The zero-order valence-electron chi connectivity index (χ0n) is 17.1. The van der Waals surface area contributed by atoms with Gasteiger partial charge in [-0.1, -0.05) is 31.0 Å². The summed E-state index contributed by atoms with van der Waals surface area (Å²) in [6, 6.07) is 11.8. The van der Waals surface area contributed by atoms with Crippen molar-refractivity contribution in [3.63, 3.8) is 0 Å². The lowest BCUT2D eigenvalue weighted by molar-refractivity contribution is 0.0631. The van der Waals surface area contributed by atoms with Crippen LogP contribution in [0.5, 0.6) is 5.75 Å². The summed E-state index contributed by atoms with van der Waals surface area (Å²) in [4.78, 5) is 22.2. The predicted octanol–water partition coefficient (Wildman–Crippen LogP) is 3.26. The van der Waals surface area contributed by atoms with Crippen LogP contribution < -0.4 is 15.0 Å². The molecule has 1 aromatic carbocycles. The van der Waals surface area contributed by atoms with E-state index in [-0.39, 0.29) is 11.9 Å². The number of benzene rings is 1. The number of amides is 1. The molecule has 1 aromatic heterocycles. The van der Waals surface area contributed by atoms with Crippen LogP contribution in [0, 0.1) is 0 Å². The number of nitrogens with one attached hydrogen (secondary N) is 1. The minimum absolute atomic E-state index is 0.0253. The summed E-state index contributed by atoms with van der Waals surface area (Å²) in [5.41, 5.74) is 1.68. The highest BCUT2D eigenvalue weighted by molar-refractivity contribution is 5.94. The average molecular weight is 395 g/mol. The van der Waals surface area contributed by atoms with Gasteiger partial charge in [0.15, 0.2) is 0 Å². The topological polar surface area (TPSA) is 57.7 Å². The normalized spacial score (nSPS) is 20.2. The van der Waals surface area contributed by atoms with Crippen molar-refractivity contribution in [3.05, 3.63) is 53.7 Å². The monoisotopic (exact) mass is 394 g/mol. The highest BCUT2D eigenvalue weighted by Crippen LogP contribution is 2.31. The number of pyridine rings is 1. The van der Waals surface area contributed by atoms with Crippen LogP contribution in [0.2, 0.25) is 0 Å². The number of piperazine rings is 1. The molecule has 0 radical (unpaired) electrons. The maximum atomic E-state index is 13.3. The van der Waals surface area contributed by atoms with Crippen molar-refractivity contribution in [2.45, 2.75) is 31.7 Å². The van der Waals surface area contributed by atoms with Crippen LogP contribution in [0.15, 0.2) is 42.6 Å². The molecule has 0 aliphatic carbocycles. The van der Waals surface area contributed by atoms with Crippen LogP contribution in [-0.2, 0) is 0 Å². The number of methoxy groups -OCH3 is 1. The largest absolute Gasteiger partial charge is 0.496 e. The van der Waals surface area contributed by atoms with Gasteiger partial charge in [0.25, 0.3) is 5.91 Å². The Bertz CT molecular complexity index is 816. The van der Waals surface area contributed by atoms with E-state index in [4.69, 9.17) is 4.74 Å². The molecule has 6 heteroatoms. The number of para-hydroxylation sites is 1. The fourth-order valence-corrected chi connectivity index (χ4v) is 4.33. The van der Waals surface area contributed by atoms with Crippen LogP contribution in [0.3, 0.4) is 0 Å². The van der Waals surface area contributed by atoms with E-state index < -0.39 is 0 Å². The maximum Gasteiger partial charge on any atom is 0.256 e. The molecule has 4 rings (SSSR count). The first-order valence-corrected chi connectivity index (χ1v) is 10.6. The van der Waals surface area contributed by atoms with Gasteiger partial charge in [-0.2, -0.15) is 0 Å². The number of aromatic nitrogens is 1. The summed E-state index contributed by atoms with van der Waals surface area (Å²) >= 11 is 0. The number of ether oxygens (including phenoxy) is 1. The van der Waals surface area contributed by atoms with E-state index >= 15 is 0 Å². The Kier molecular flexibility index (Phi) is 6.30. The number of nitrogens with zero attached hydrogens (tertiary/aromatic N) is 3. The highest BCUT2D eigenvalue weighted by Gasteiger charge is 2.30. The van der Waals surface area contributed by atoms with Gasteiger partial charge < -0.3 is 19.9 Å². The molecule has 2 aromatic rings. The van der Waals surface area contributed by atoms with E-state index in [2.05, 4.69) is 15.2 Å². The lowest BCUT2D eigenvalue weighted by atomic mass is 10.0. The lowest BCUT2D eigenvalue weighted by Crippen LogP contribution is -2.48. The molecule has 154 valence electrons. The smallest absolute Gasteiger partial charge is 0.256 e. The Morgan fingerprint density at radius 2 is 1.86 bits per heavy atom. The number of hydrogen-bond acceptors (Lipinski definition) is 5. The third kappa shape index (κ3) is 4.37. The first kappa shape index (κ1) is 19.7. The van der Waals surface area contributed by atoms with Gasteiger partial charge >= 0.3 is 0 Å². The standard InChI is InChI=1S/C23H30N4O2/c1-29-21-9-5-4-8-19(21)20-17-24-12-15-27(20)23(28)18-10-11-22(25-16-18)26-13-6-2-3-7-14-26/h4-5,8-11,16,20,24H,2-3,6-7,12-15,17H2,1H3. The number of hydrogen-bond donors (Lipinski definition) is 1. The zero-order chi connectivity index (χ0) is 20.1. The molecule has 1 amide bonds. The summed E-state index contributed by atoms with van der Waals surface area (Å²) in [6.45, 7) is 4.26. The molecule has 2 aliphatic heterocycles. The van der Waals surface area contributed by atoms with Crippen LogP contribution in [0.25, 0.3) is 0 Å². The van der Waals surface area contributed by atoms with E-state index in [9.17, 15) is 4.79 Å². The Hall–Kier alpha value is -2.60. The molecule has 2 aliphatic rings. The Morgan fingerprint density at radius 3 is 2.59 bits per heavy atom. The van der Waals surface area contributed by atoms with E-state index in [0.29, 0.717) is 18.7 Å². The minimum Gasteiger partial charge on any atom is -0.496 e. The van der Waals surface area contributed by atoms with E-state index in [0.717, 1.165) is 36.8 Å². The van der Waals surface area contributed by atoms with Crippen molar-refractivity contribution in [3.8, 4) is 5.75 Å². The summed E-state index contributed by atoms with van der Waals surface area (Å²) in [5.74, 6) is 1.82. The molecule has 1 N–H and O–H groups in total. The predicted molar refractivity (Wildman–Crippen MR) is 115 cm³/mol. The van der Waals surface area contributed by atoms with Gasteiger partial charge in [-0.05, 0) is 31.0 Å². The molecule has 29 heavy (non-hydrogen) atoms. The molecule has 1 unspecified atom stereocenters. The molecule has 0 bridgehead atoms. The first-order chi connectivity index (χ1) is 14.3. The summed E-state index contributed by atoms with van der Waals surface area (Å²) in [6.07, 6.45) is 6.75. The molecule has 1 atom stereocenters. The number of carbonyl (C=O) groups is 1. The Labute approximate surface area is 172 Å². The van der Waals surface area contributed by atoms with Crippen LogP contribution in [0.1, 0.15) is 47.6 Å². The van der Waals surface area contributed by atoms with Gasteiger partial charge in [0.05, 0.1) is 18.7 Å². The fourth-order valence-electron chi connectivity index (χ4n) is 4.33. The molecular formula is C23H30N4O2. The van der Waals surface area contributed by atoms with Crippen molar-refractivity contribution in [1.82, 2.24) is 15.2 Å². The second kappa shape index (κ2) is 9.27. The fraction of sp³-hybridized carbons (Fsp3) is 0.478. The summed E-state index contributed by atoms with van der Waals surface area (Å²) in [7, 11) is 1.67. The number of anilines is 1. The number of carbonyl (C=O) groups excluding carboxylic acids is 1. The van der Waals surface area contributed by atoms with Gasteiger partial charge in [-0.15, -0.1) is 0 Å². The van der Waals surface area contributed by atoms with Crippen molar-refractivity contribution >= 4 is 11.7 Å². The summed E-state index contributed by atoms with van der Waals surface area (Å²) < 4.78 is 5.54. The van der Waals surface area contributed by atoms with Crippen molar-refractivity contribution in [2.75, 3.05) is 44.7 Å². The number of rotatable bonds is 4. The summed E-state index contributed by atoms with van der Waals surface area (Å²) in [5, 5.41) is 3.41. The lowest BCUT2D eigenvalue weighted by Gasteiger charge is -2.37. The van der Waals surface area contributed by atoms with Crippen LogP contribution in [-0.4, -0.2) is 55.6 Å². The molecule has 0 spiro atoms. The van der Waals surface area contributed by atoms with Gasteiger partial charge in [0, 0.05) is 44.5 Å². The van der Waals surface area contributed by atoms with Gasteiger partial charge in [-0.3, -0.25) is 4.79 Å². The van der Waals surface area contributed by atoms with Crippen LogP contribution >= 0.6 is 0 Å². The van der Waals surface area contributed by atoms with Crippen molar-refractivity contribution in [2.24, 2.45) is 0 Å². The van der Waals surface area contributed by atoms with Gasteiger partial charge in [-0.25, -0.2) is 4.98 Å². The first-order valence-electron chi connectivity index (χ1n) is 10.6. The molecule has 3 heterocycles.